The minimum Gasteiger partial charge on any atom is -0.467 e. The van der Waals surface area contributed by atoms with Crippen molar-refractivity contribution in [1.82, 2.24) is 20.1 Å². The SMILES string of the molecule is CC1CC(C)CN(c2nnc(SCC(=O)NC(C)(C)C)n2Cc2ccco2)C1. The van der Waals surface area contributed by atoms with Crippen LogP contribution in [0.5, 0.6) is 0 Å². The Hall–Kier alpha value is -1.96. The molecule has 2 unspecified atom stereocenters. The molecular formula is C20H31N5O2S. The summed E-state index contributed by atoms with van der Waals surface area (Å²) in [6.07, 6.45) is 2.91. The average molecular weight is 406 g/mol. The monoisotopic (exact) mass is 405 g/mol. The Labute approximate surface area is 171 Å². The predicted octanol–water partition coefficient (Wildman–Crippen LogP) is 3.41. The number of carbonyl (C=O) groups is 1. The minimum absolute atomic E-state index is 0.00758. The van der Waals surface area contributed by atoms with Crippen LogP contribution in [-0.2, 0) is 11.3 Å². The number of piperidine rings is 1. The van der Waals surface area contributed by atoms with Crippen molar-refractivity contribution in [3.05, 3.63) is 24.2 Å². The van der Waals surface area contributed by atoms with E-state index < -0.39 is 0 Å². The molecule has 8 heteroatoms. The number of amides is 1. The van der Waals surface area contributed by atoms with E-state index in [9.17, 15) is 4.79 Å². The zero-order chi connectivity index (χ0) is 20.3. The van der Waals surface area contributed by atoms with Crippen LogP contribution in [0.1, 0.15) is 46.8 Å². The highest BCUT2D eigenvalue weighted by Gasteiger charge is 2.27. The smallest absolute Gasteiger partial charge is 0.230 e. The standard InChI is InChI=1S/C20H31N5O2S/c1-14-9-15(2)11-24(10-14)18-22-23-19(25(18)12-16-7-6-8-27-16)28-13-17(26)21-20(3,4)5/h6-8,14-15H,9-13H2,1-5H3,(H,21,26). The molecule has 0 radical (unpaired) electrons. The lowest BCUT2D eigenvalue weighted by molar-refractivity contribution is -0.119. The second-order valence-corrected chi connectivity index (χ2v) is 9.83. The van der Waals surface area contributed by atoms with Crippen LogP contribution in [0, 0.1) is 11.8 Å². The fourth-order valence-corrected chi connectivity index (χ4v) is 4.46. The van der Waals surface area contributed by atoms with Gasteiger partial charge in [0, 0.05) is 18.6 Å². The number of carbonyl (C=O) groups excluding carboxylic acids is 1. The lowest BCUT2D eigenvalue weighted by atomic mass is 9.92. The van der Waals surface area contributed by atoms with Gasteiger partial charge in [-0.2, -0.15) is 0 Å². The summed E-state index contributed by atoms with van der Waals surface area (Å²) in [7, 11) is 0. The number of aromatic nitrogens is 3. The summed E-state index contributed by atoms with van der Waals surface area (Å²) in [6.45, 7) is 13.0. The van der Waals surface area contributed by atoms with Crippen molar-refractivity contribution < 1.29 is 9.21 Å². The van der Waals surface area contributed by atoms with E-state index in [0.717, 1.165) is 30.0 Å². The third kappa shape index (κ3) is 5.53. The van der Waals surface area contributed by atoms with Crippen LogP contribution in [0.4, 0.5) is 5.95 Å². The van der Waals surface area contributed by atoms with Crippen LogP contribution in [0.2, 0.25) is 0 Å². The van der Waals surface area contributed by atoms with Gasteiger partial charge < -0.3 is 14.6 Å². The molecule has 1 saturated heterocycles. The average Bonchev–Trinajstić information content (AvgIpc) is 3.21. The molecule has 1 fully saturated rings. The van der Waals surface area contributed by atoms with Crippen molar-refractivity contribution in [2.45, 2.75) is 58.3 Å². The molecule has 1 aliphatic heterocycles. The second kappa shape index (κ2) is 8.59. The van der Waals surface area contributed by atoms with Crippen LogP contribution in [0.15, 0.2) is 28.0 Å². The summed E-state index contributed by atoms with van der Waals surface area (Å²) in [5.41, 5.74) is -0.245. The van der Waals surface area contributed by atoms with Gasteiger partial charge >= 0.3 is 0 Å². The summed E-state index contributed by atoms with van der Waals surface area (Å²) in [5, 5.41) is 12.6. The first-order valence-corrected chi connectivity index (χ1v) is 10.8. The Morgan fingerprint density at radius 1 is 1.29 bits per heavy atom. The Balaban J connectivity index is 1.79. The highest BCUT2D eigenvalue weighted by Crippen LogP contribution is 2.29. The first-order valence-electron chi connectivity index (χ1n) is 9.85. The van der Waals surface area contributed by atoms with Gasteiger partial charge in [-0.05, 0) is 51.2 Å². The zero-order valence-corrected chi connectivity index (χ0v) is 18.3. The van der Waals surface area contributed by atoms with E-state index >= 15 is 0 Å². The molecule has 0 bridgehead atoms. The van der Waals surface area contributed by atoms with Crippen molar-refractivity contribution in [2.24, 2.45) is 11.8 Å². The van der Waals surface area contributed by atoms with Crippen LogP contribution < -0.4 is 10.2 Å². The maximum Gasteiger partial charge on any atom is 0.230 e. The molecule has 3 heterocycles. The molecule has 2 aromatic rings. The molecule has 1 amide bonds. The number of hydrogen-bond donors (Lipinski definition) is 1. The molecule has 1 N–H and O–H groups in total. The maximum absolute atomic E-state index is 12.2. The van der Waals surface area contributed by atoms with E-state index in [4.69, 9.17) is 4.42 Å². The normalized spacial score (nSPS) is 20.4. The Kier molecular flexibility index (Phi) is 6.37. The first kappa shape index (κ1) is 20.8. The lowest BCUT2D eigenvalue weighted by Crippen LogP contribution is -2.41. The van der Waals surface area contributed by atoms with Gasteiger partial charge in [0.1, 0.15) is 5.76 Å². The third-order valence-corrected chi connectivity index (χ3v) is 5.56. The van der Waals surface area contributed by atoms with E-state index in [2.05, 4.69) is 38.8 Å². The summed E-state index contributed by atoms with van der Waals surface area (Å²) >= 11 is 1.41. The van der Waals surface area contributed by atoms with E-state index in [0.29, 0.717) is 24.1 Å². The van der Waals surface area contributed by atoms with Gasteiger partial charge in [0.05, 0.1) is 18.6 Å². The second-order valence-electron chi connectivity index (χ2n) is 8.89. The number of nitrogens with one attached hydrogen (secondary N) is 1. The molecular weight excluding hydrogens is 374 g/mol. The summed E-state index contributed by atoms with van der Waals surface area (Å²) in [4.78, 5) is 14.5. The van der Waals surface area contributed by atoms with E-state index in [1.807, 2.05) is 32.9 Å². The van der Waals surface area contributed by atoms with Gasteiger partial charge in [-0.15, -0.1) is 10.2 Å². The molecule has 28 heavy (non-hydrogen) atoms. The molecule has 2 atom stereocenters. The summed E-state index contributed by atoms with van der Waals surface area (Å²) < 4.78 is 7.62. The molecule has 154 valence electrons. The van der Waals surface area contributed by atoms with Gasteiger partial charge in [-0.1, -0.05) is 25.6 Å². The van der Waals surface area contributed by atoms with Crippen LogP contribution in [-0.4, -0.2) is 45.1 Å². The largest absolute Gasteiger partial charge is 0.467 e. The van der Waals surface area contributed by atoms with Crippen molar-refractivity contribution in [3.8, 4) is 0 Å². The van der Waals surface area contributed by atoms with Crippen molar-refractivity contribution in [2.75, 3.05) is 23.7 Å². The summed E-state index contributed by atoms with van der Waals surface area (Å²) in [6, 6.07) is 3.83. The fraction of sp³-hybridized carbons (Fsp3) is 0.650. The number of rotatable bonds is 6. The lowest BCUT2D eigenvalue weighted by Gasteiger charge is -2.35. The predicted molar refractivity (Wildman–Crippen MR) is 112 cm³/mol. The van der Waals surface area contributed by atoms with Gasteiger partial charge in [-0.25, -0.2) is 0 Å². The highest BCUT2D eigenvalue weighted by molar-refractivity contribution is 7.99. The zero-order valence-electron chi connectivity index (χ0n) is 17.4. The molecule has 0 saturated carbocycles. The quantitative estimate of drug-likeness (QED) is 0.742. The number of anilines is 1. The van der Waals surface area contributed by atoms with Crippen molar-refractivity contribution in [3.63, 3.8) is 0 Å². The van der Waals surface area contributed by atoms with Gasteiger partial charge in [0.25, 0.3) is 0 Å². The van der Waals surface area contributed by atoms with Crippen molar-refractivity contribution in [1.29, 1.82) is 0 Å². The molecule has 0 aromatic carbocycles. The van der Waals surface area contributed by atoms with Gasteiger partial charge in [0.15, 0.2) is 5.16 Å². The molecule has 0 aliphatic carbocycles. The maximum atomic E-state index is 12.2. The van der Waals surface area contributed by atoms with E-state index in [1.165, 1.54) is 18.2 Å². The van der Waals surface area contributed by atoms with Crippen molar-refractivity contribution >= 4 is 23.6 Å². The number of furan rings is 1. The highest BCUT2D eigenvalue weighted by atomic mass is 32.2. The minimum atomic E-state index is -0.245. The third-order valence-electron chi connectivity index (χ3n) is 4.59. The number of thioether (sulfide) groups is 1. The Morgan fingerprint density at radius 2 is 2.00 bits per heavy atom. The number of nitrogens with zero attached hydrogens (tertiary/aromatic N) is 4. The van der Waals surface area contributed by atoms with Gasteiger partial charge in [0.2, 0.25) is 11.9 Å². The molecule has 1 aliphatic rings. The van der Waals surface area contributed by atoms with Crippen LogP contribution >= 0.6 is 11.8 Å². The number of hydrogen-bond acceptors (Lipinski definition) is 6. The Bertz CT molecular complexity index is 771. The van der Waals surface area contributed by atoms with E-state index in [-0.39, 0.29) is 11.4 Å². The van der Waals surface area contributed by atoms with E-state index in [1.54, 1.807) is 6.26 Å². The topological polar surface area (TPSA) is 76.2 Å². The Morgan fingerprint density at radius 3 is 2.61 bits per heavy atom. The first-order chi connectivity index (χ1) is 13.2. The van der Waals surface area contributed by atoms with Gasteiger partial charge in [-0.3, -0.25) is 9.36 Å². The molecule has 3 rings (SSSR count). The molecule has 7 nitrogen and oxygen atoms in total. The molecule has 2 aromatic heterocycles. The molecule has 0 spiro atoms. The summed E-state index contributed by atoms with van der Waals surface area (Å²) in [5.74, 6) is 3.23. The van der Waals surface area contributed by atoms with Crippen LogP contribution in [0.3, 0.4) is 0 Å². The fourth-order valence-electron chi connectivity index (χ4n) is 3.73. The van der Waals surface area contributed by atoms with Crippen LogP contribution in [0.25, 0.3) is 0 Å².